The number of carbonyl (C=O) groups excluding carboxylic acids is 2. The van der Waals surface area contributed by atoms with Crippen molar-refractivity contribution in [1.29, 1.82) is 0 Å². The molecule has 0 spiro atoms. The standard InChI is InChI=1S/C11H20O4S2/c1-3-14-10(12)8-16-6-5-7-17-9-11(13)15-4-2/h3-9H2,1-2H3. The molecule has 0 aliphatic heterocycles. The molecule has 0 saturated heterocycles. The zero-order chi connectivity index (χ0) is 12.9. The Bertz CT molecular complexity index is 200. The van der Waals surface area contributed by atoms with E-state index in [0.29, 0.717) is 24.7 Å². The Morgan fingerprint density at radius 3 is 1.65 bits per heavy atom. The fourth-order valence-corrected chi connectivity index (χ4v) is 2.65. The molecule has 0 saturated carbocycles. The predicted octanol–water partition coefficient (Wildman–Crippen LogP) is 1.97. The van der Waals surface area contributed by atoms with Crippen LogP contribution in [0.2, 0.25) is 0 Å². The Morgan fingerprint density at radius 2 is 1.29 bits per heavy atom. The van der Waals surface area contributed by atoms with Crippen LogP contribution in [0.5, 0.6) is 0 Å². The summed E-state index contributed by atoms with van der Waals surface area (Å²) in [7, 11) is 0. The van der Waals surface area contributed by atoms with E-state index in [-0.39, 0.29) is 11.9 Å². The summed E-state index contributed by atoms with van der Waals surface area (Å²) >= 11 is 3.13. The molecule has 0 heterocycles. The van der Waals surface area contributed by atoms with Crippen LogP contribution in [0.3, 0.4) is 0 Å². The molecule has 0 aromatic heterocycles. The monoisotopic (exact) mass is 280 g/mol. The number of thioether (sulfide) groups is 2. The second kappa shape index (κ2) is 12.1. The fourth-order valence-electron chi connectivity index (χ4n) is 0.979. The highest BCUT2D eigenvalue weighted by atomic mass is 32.2. The third kappa shape index (κ3) is 11.9. The first kappa shape index (κ1) is 16.6. The predicted molar refractivity (Wildman–Crippen MR) is 72.5 cm³/mol. The van der Waals surface area contributed by atoms with Crippen molar-refractivity contribution in [2.75, 3.05) is 36.2 Å². The third-order valence-corrected chi connectivity index (χ3v) is 3.66. The maximum absolute atomic E-state index is 11.0. The number of carbonyl (C=O) groups is 2. The SMILES string of the molecule is CCOC(=O)CSCCCSCC(=O)OCC. The van der Waals surface area contributed by atoms with Crippen LogP contribution in [0.15, 0.2) is 0 Å². The van der Waals surface area contributed by atoms with Gasteiger partial charge in [-0.05, 0) is 31.8 Å². The Morgan fingerprint density at radius 1 is 0.882 bits per heavy atom. The van der Waals surface area contributed by atoms with Crippen molar-refractivity contribution in [1.82, 2.24) is 0 Å². The van der Waals surface area contributed by atoms with Gasteiger partial charge in [0.2, 0.25) is 0 Å². The van der Waals surface area contributed by atoms with E-state index in [1.54, 1.807) is 37.4 Å². The molecule has 17 heavy (non-hydrogen) atoms. The van der Waals surface area contributed by atoms with Gasteiger partial charge in [0.15, 0.2) is 0 Å². The Hall–Kier alpha value is -0.360. The van der Waals surface area contributed by atoms with Gasteiger partial charge in [0.25, 0.3) is 0 Å². The second-order valence-corrected chi connectivity index (χ2v) is 5.28. The summed E-state index contributed by atoms with van der Waals surface area (Å²) in [5.74, 6) is 2.34. The van der Waals surface area contributed by atoms with Crippen LogP contribution in [0, 0.1) is 0 Å². The molecule has 0 N–H and O–H groups in total. The molecule has 6 heteroatoms. The molecular weight excluding hydrogens is 260 g/mol. The van der Waals surface area contributed by atoms with Crippen LogP contribution in [-0.4, -0.2) is 48.2 Å². The third-order valence-electron chi connectivity index (χ3n) is 1.63. The first-order chi connectivity index (χ1) is 8.20. The van der Waals surface area contributed by atoms with Crippen LogP contribution in [-0.2, 0) is 19.1 Å². The number of esters is 2. The summed E-state index contributed by atoms with van der Waals surface area (Å²) in [5.41, 5.74) is 0. The molecule has 0 aromatic rings. The van der Waals surface area contributed by atoms with E-state index in [1.165, 1.54) is 0 Å². The fraction of sp³-hybridized carbons (Fsp3) is 0.818. The number of ether oxygens (including phenoxy) is 2. The van der Waals surface area contributed by atoms with Gasteiger partial charge in [-0.3, -0.25) is 9.59 Å². The largest absolute Gasteiger partial charge is 0.465 e. The average Bonchev–Trinajstić information content (AvgIpc) is 2.28. The highest BCUT2D eigenvalue weighted by Crippen LogP contribution is 2.08. The van der Waals surface area contributed by atoms with Crippen molar-refractivity contribution in [3.63, 3.8) is 0 Å². The van der Waals surface area contributed by atoms with Crippen LogP contribution in [0.1, 0.15) is 20.3 Å². The van der Waals surface area contributed by atoms with Crippen molar-refractivity contribution in [2.24, 2.45) is 0 Å². The number of hydrogen-bond acceptors (Lipinski definition) is 6. The van der Waals surface area contributed by atoms with E-state index in [4.69, 9.17) is 9.47 Å². The van der Waals surface area contributed by atoms with Gasteiger partial charge in [-0.1, -0.05) is 0 Å². The van der Waals surface area contributed by atoms with E-state index in [2.05, 4.69) is 0 Å². The van der Waals surface area contributed by atoms with Gasteiger partial charge < -0.3 is 9.47 Å². The molecule has 0 rings (SSSR count). The van der Waals surface area contributed by atoms with Crippen LogP contribution in [0.4, 0.5) is 0 Å². The number of rotatable bonds is 10. The maximum Gasteiger partial charge on any atom is 0.315 e. The van der Waals surface area contributed by atoms with E-state index in [0.717, 1.165) is 17.9 Å². The van der Waals surface area contributed by atoms with Crippen molar-refractivity contribution in [3.8, 4) is 0 Å². The molecule has 4 nitrogen and oxygen atoms in total. The summed E-state index contributed by atoms with van der Waals surface area (Å²) in [6.07, 6.45) is 0.980. The topological polar surface area (TPSA) is 52.6 Å². The smallest absolute Gasteiger partial charge is 0.315 e. The van der Waals surface area contributed by atoms with Gasteiger partial charge >= 0.3 is 11.9 Å². The molecule has 0 aliphatic carbocycles. The molecule has 0 atom stereocenters. The zero-order valence-electron chi connectivity index (χ0n) is 10.4. The molecule has 0 radical (unpaired) electrons. The molecule has 0 bridgehead atoms. The summed E-state index contributed by atoms with van der Waals surface area (Å²) in [4.78, 5) is 22.0. The molecule has 0 unspecified atom stereocenters. The van der Waals surface area contributed by atoms with E-state index >= 15 is 0 Å². The van der Waals surface area contributed by atoms with Crippen molar-refractivity contribution < 1.29 is 19.1 Å². The maximum atomic E-state index is 11.0. The van der Waals surface area contributed by atoms with Gasteiger partial charge in [0.05, 0.1) is 24.7 Å². The summed E-state index contributed by atoms with van der Waals surface area (Å²) in [5, 5.41) is 0. The Kier molecular flexibility index (Phi) is 11.8. The first-order valence-electron chi connectivity index (χ1n) is 5.67. The van der Waals surface area contributed by atoms with Gasteiger partial charge in [-0.25, -0.2) is 0 Å². The minimum Gasteiger partial charge on any atom is -0.465 e. The molecule has 100 valence electrons. The first-order valence-corrected chi connectivity index (χ1v) is 7.98. The van der Waals surface area contributed by atoms with E-state index < -0.39 is 0 Å². The molecule has 0 aromatic carbocycles. The zero-order valence-corrected chi connectivity index (χ0v) is 12.0. The van der Waals surface area contributed by atoms with Crippen molar-refractivity contribution in [3.05, 3.63) is 0 Å². The normalized spacial score (nSPS) is 10.0. The lowest BCUT2D eigenvalue weighted by Gasteiger charge is -2.03. The molecular formula is C11H20O4S2. The van der Waals surface area contributed by atoms with Crippen molar-refractivity contribution in [2.45, 2.75) is 20.3 Å². The molecule has 0 aliphatic rings. The van der Waals surface area contributed by atoms with Crippen LogP contribution < -0.4 is 0 Å². The van der Waals surface area contributed by atoms with Crippen LogP contribution >= 0.6 is 23.5 Å². The minimum absolute atomic E-state index is 0.156. The summed E-state index contributed by atoms with van der Waals surface area (Å²) in [6.45, 7) is 4.48. The lowest BCUT2D eigenvalue weighted by molar-refractivity contribution is -0.140. The Balaban J connectivity index is 3.18. The number of hydrogen-bond donors (Lipinski definition) is 0. The second-order valence-electron chi connectivity index (χ2n) is 3.07. The van der Waals surface area contributed by atoms with E-state index in [1.807, 2.05) is 0 Å². The quantitative estimate of drug-likeness (QED) is 0.450. The lowest BCUT2D eigenvalue weighted by atomic mass is 10.6. The minimum atomic E-state index is -0.156. The highest BCUT2D eigenvalue weighted by molar-refractivity contribution is 8.00. The Labute approximate surface area is 111 Å². The summed E-state index contributed by atoms with van der Waals surface area (Å²) < 4.78 is 9.60. The van der Waals surface area contributed by atoms with Gasteiger partial charge in [0, 0.05) is 0 Å². The molecule has 0 amide bonds. The average molecular weight is 280 g/mol. The summed E-state index contributed by atoms with van der Waals surface area (Å²) in [6, 6.07) is 0. The van der Waals surface area contributed by atoms with E-state index in [9.17, 15) is 9.59 Å². The van der Waals surface area contributed by atoms with Gasteiger partial charge in [0.1, 0.15) is 0 Å². The van der Waals surface area contributed by atoms with Gasteiger partial charge in [-0.2, -0.15) is 23.5 Å². The highest BCUT2D eigenvalue weighted by Gasteiger charge is 2.02. The molecule has 0 fully saturated rings. The lowest BCUT2D eigenvalue weighted by Crippen LogP contribution is -2.08. The van der Waals surface area contributed by atoms with Gasteiger partial charge in [-0.15, -0.1) is 0 Å². The van der Waals surface area contributed by atoms with Crippen molar-refractivity contribution >= 4 is 35.5 Å². The van der Waals surface area contributed by atoms with Crippen LogP contribution in [0.25, 0.3) is 0 Å².